The van der Waals surface area contributed by atoms with Crippen LogP contribution in [0, 0.1) is 17.7 Å². The van der Waals surface area contributed by atoms with Crippen LogP contribution >= 0.6 is 10.2 Å². The zero-order valence-electron chi connectivity index (χ0n) is 14.0. The molecule has 0 aliphatic rings. The molecule has 7 heteroatoms. The van der Waals surface area contributed by atoms with E-state index < -0.39 is 20.9 Å². The highest BCUT2D eigenvalue weighted by molar-refractivity contribution is 8.45. The second-order valence-corrected chi connectivity index (χ2v) is 8.40. The Morgan fingerprint density at radius 3 is 1.96 bits per heavy atom. The first-order chi connectivity index (χ1) is 11.9. The fraction of sp³-hybridized carbons (Fsp3) is 0.263. The highest BCUT2D eigenvalue weighted by Gasteiger charge is 2.67. The van der Waals surface area contributed by atoms with E-state index in [1.807, 2.05) is 12.1 Å². The summed E-state index contributed by atoms with van der Waals surface area (Å²) >= 11 is 0. The molecule has 0 saturated carbocycles. The second-order valence-electron chi connectivity index (χ2n) is 6.02. The highest BCUT2D eigenvalue weighted by atomic mass is 32.5. The van der Waals surface area contributed by atoms with E-state index >= 15 is 0 Å². The Bertz CT molecular complexity index is 842. The molecule has 0 nitrogen and oxygen atoms in total. The molecule has 2 aromatic rings. The van der Waals surface area contributed by atoms with Gasteiger partial charge in [0, 0.05) is 11.1 Å². The van der Waals surface area contributed by atoms with Crippen LogP contribution in [0.5, 0.6) is 0 Å². The molecule has 2 aromatic carbocycles. The summed E-state index contributed by atoms with van der Waals surface area (Å²) in [7, 11) is -10.1. The van der Waals surface area contributed by atoms with Gasteiger partial charge in [0.25, 0.3) is 0 Å². The first kappa shape index (κ1) is 20.2. The van der Waals surface area contributed by atoms with E-state index in [1.165, 1.54) is 0 Å². The van der Waals surface area contributed by atoms with Gasteiger partial charge in [-0.25, -0.2) is 4.39 Å². The van der Waals surface area contributed by atoms with Crippen LogP contribution < -0.4 is 0 Å². The summed E-state index contributed by atoms with van der Waals surface area (Å²) in [5.41, 5.74) is 1.32. The van der Waals surface area contributed by atoms with E-state index in [2.05, 4.69) is 18.8 Å². The standard InChI is InChI=1S/C19H18F6S/c1-2-3-4-5-15-6-8-16(9-7-15)10-11-17-12-13-18(20)19(14-17)26(21,22,23,24)25/h6-9,12-14H,2-5H2,1H3. The summed E-state index contributed by atoms with van der Waals surface area (Å²) in [4.78, 5) is -2.54. The van der Waals surface area contributed by atoms with Crippen LogP contribution in [0.3, 0.4) is 0 Å². The fourth-order valence-electron chi connectivity index (χ4n) is 2.35. The Hall–Kier alpha value is -2.07. The topological polar surface area (TPSA) is 0 Å². The quantitative estimate of drug-likeness (QED) is 0.279. The monoisotopic (exact) mass is 392 g/mol. The minimum Gasteiger partial charge on any atom is -0.205 e. The van der Waals surface area contributed by atoms with Gasteiger partial charge in [-0.3, -0.25) is 0 Å². The van der Waals surface area contributed by atoms with Crippen LogP contribution in [0.25, 0.3) is 0 Å². The highest BCUT2D eigenvalue weighted by Crippen LogP contribution is 3.02. The normalized spacial score (nSPS) is 14.1. The van der Waals surface area contributed by atoms with Gasteiger partial charge in [-0.15, -0.1) is 0 Å². The summed E-state index contributed by atoms with van der Waals surface area (Å²) in [6.07, 6.45) is 4.23. The number of hydrogen-bond acceptors (Lipinski definition) is 0. The molecule has 0 saturated heterocycles. The van der Waals surface area contributed by atoms with E-state index in [0.29, 0.717) is 11.6 Å². The minimum atomic E-state index is -10.1. The molecule has 0 spiro atoms. The zero-order valence-corrected chi connectivity index (χ0v) is 14.9. The van der Waals surface area contributed by atoms with E-state index in [4.69, 9.17) is 0 Å². The van der Waals surface area contributed by atoms with Gasteiger partial charge < -0.3 is 0 Å². The van der Waals surface area contributed by atoms with Crippen molar-refractivity contribution in [3.63, 3.8) is 0 Å². The summed E-state index contributed by atoms with van der Waals surface area (Å²) in [5.74, 6) is 2.97. The summed E-state index contributed by atoms with van der Waals surface area (Å²) in [6, 6.07) is 8.51. The lowest BCUT2D eigenvalue weighted by atomic mass is 10.1. The molecule has 0 radical (unpaired) electrons. The average molecular weight is 392 g/mol. The maximum atomic E-state index is 13.3. The van der Waals surface area contributed by atoms with Gasteiger partial charge in [0.05, 0.1) is 0 Å². The van der Waals surface area contributed by atoms with Crippen molar-refractivity contribution in [3.05, 3.63) is 65.0 Å². The van der Waals surface area contributed by atoms with Crippen molar-refractivity contribution in [3.8, 4) is 11.8 Å². The molecule has 2 rings (SSSR count). The zero-order chi connectivity index (χ0) is 19.5. The van der Waals surface area contributed by atoms with Crippen molar-refractivity contribution >= 4 is 10.2 Å². The Morgan fingerprint density at radius 1 is 0.808 bits per heavy atom. The summed E-state index contributed by atoms with van der Waals surface area (Å²) in [5, 5.41) is 0. The number of halogens is 6. The predicted molar refractivity (Wildman–Crippen MR) is 93.4 cm³/mol. The largest absolute Gasteiger partial charge is 0.313 e. The lowest BCUT2D eigenvalue weighted by Crippen LogP contribution is -2.08. The molecule has 142 valence electrons. The van der Waals surface area contributed by atoms with Crippen molar-refractivity contribution in [1.29, 1.82) is 0 Å². The smallest absolute Gasteiger partial charge is 0.205 e. The van der Waals surface area contributed by atoms with Gasteiger partial charge in [0.1, 0.15) is 10.7 Å². The molecule has 0 unspecified atom stereocenters. The molecule has 0 atom stereocenters. The van der Waals surface area contributed by atoms with Crippen molar-refractivity contribution in [1.82, 2.24) is 0 Å². The van der Waals surface area contributed by atoms with Crippen LogP contribution in [-0.2, 0) is 6.42 Å². The number of rotatable bonds is 5. The Morgan fingerprint density at radius 2 is 1.38 bits per heavy atom. The first-order valence-corrected chi connectivity index (χ1v) is 9.99. The molecule has 0 aliphatic carbocycles. The van der Waals surface area contributed by atoms with Crippen molar-refractivity contribution < 1.29 is 23.8 Å². The van der Waals surface area contributed by atoms with Crippen LogP contribution in [0.2, 0.25) is 0 Å². The maximum absolute atomic E-state index is 13.3. The SMILES string of the molecule is CCCCCc1ccc(C#Cc2ccc(F)c(S(F)(F)(F)(F)F)c2)cc1. The van der Waals surface area contributed by atoms with Crippen molar-refractivity contribution in [2.45, 2.75) is 37.5 Å². The molecule has 0 N–H and O–H groups in total. The Balaban J connectivity index is 2.23. The van der Waals surface area contributed by atoms with Gasteiger partial charge in [0.2, 0.25) is 0 Å². The third-order valence-electron chi connectivity index (χ3n) is 3.72. The van der Waals surface area contributed by atoms with Crippen LogP contribution in [0.15, 0.2) is 47.4 Å². The third-order valence-corrected chi connectivity index (χ3v) is 4.86. The van der Waals surface area contributed by atoms with Crippen LogP contribution in [0.1, 0.15) is 42.9 Å². The number of aryl methyl sites for hydroxylation is 1. The van der Waals surface area contributed by atoms with Crippen LogP contribution in [-0.4, -0.2) is 0 Å². The van der Waals surface area contributed by atoms with E-state index in [-0.39, 0.29) is 11.6 Å². The summed E-state index contributed by atoms with van der Waals surface area (Å²) < 4.78 is 77.4. The summed E-state index contributed by atoms with van der Waals surface area (Å²) in [6.45, 7) is 2.11. The van der Waals surface area contributed by atoms with E-state index in [1.54, 1.807) is 12.1 Å². The molecule has 0 aliphatic heterocycles. The number of benzene rings is 2. The fourth-order valence-corrected chi connectivity index (χ4v) is 3.14. The number of unbranched alkanes of at least 4 members (excludes halogenated alkanes) is 2. The molecule has 0 amide bonds. The minimum absolute atomic E-state index is 0.0585. The number of hydrogen-bond donors (Lipinski definition) is 0. The van der Waals surface area contributed by atoms with E-state index in [0.717, 1.165) is 37.3 Å². The molecule has 0 bridgehead atoms. The Labute approximate surface area is 149 Å². The molecular weight excluding hydrogens is 374 g/mol. The van der Waals surface area contributed by atoms with Gasteiger partial charge in [-0.05, 0) is 48.7 Å². The van der Waals surface area contributed by atoms with Gasteiger partial charge in [-0.2, -0.15) is 0 Å². The third kappa shape index (κ3) is 5.73. The molecule has 26 heavy (non-hydrogen) atoms. The average Bonchev–Trinajstić information content (AvgIpc) is 2.53. The van der Waals surface area contributed by atoms with Crippen molar-refractivity contribution in [2.24, 2.45) is 0 Å². The molecule has 0 heterocycles. The van der Waals surface area contributed by atoms with E-state index in [9.17, 15) is 23.8 Å². The molecule has 0 aromatic heterocycles. The second kappa shape index (κ2) is 6.58. The molecule has 0 fully saturated rings. The van der Waals surface area contributed by atoms with Crippen molar-refractivity contribution in [2.75, 3.05) is 0 Å². The lowest BCUT2D eigenvalue weighted by Gasteiger charge is -2.40. The molecular formula is C19H18F6S. The lowest BCUT2D eigenvalue weighted by molar-refractivity contribution is 0.355. The predicted octanol–water partition coefficient (Wildman–Crippen LogP) is 7.62. The maximum Gasteiger partial charge on any atom is 0.313 e. The Kier molecular flexibility index (Phi) is 5.13. The van der Waals surface area contributed by atoms with Gasteiger partial charge in [0.15, 0.2) is 0 Å². The van der Waals surface area contributed by atoms with Crippen LogP contribution in [0.4, 0.5) is 23.8 Å². The first-order valence-electron chi connectivity index (χ1n) is 8.03. The van der Waals surface area contributed by atoms with Gasteiger partial charge in [-0.1, -0.05) is 63.2 Å². The van der Waals surface area contributed by atoms with Gasteiger partial charge >= 0.3 is 10.2 Å².